The summed E-state index contributed by atoms with van der Waals surface area (Å²) in [6.45, 7) is 3.15. The zero-order valence-electron chi connectivity index (χ0n) is 10.9. The van der Waals surface area contributed by atoms with Gasteiger partial charge >= 0.3 is 0 Å². The topological polar surface area (TPSA) is 12.0 Å². The van der Waals surface area contributed by atoms with Crippen molar-refractivity contribution in [1.82, 2.24) is 5.32 Å². The largest absolute Gasteiger partial charge is 0.306 e. The molecule has 0 aliphatic carbocycles. The Kier molecular flexibility index (Phi) is 5.44. The SMILES string of the molecule is CCCNC(c1ccccc1)c1ccc(Cl)cc1Br. The fraction of sp³-hybridized carbons (Fsp3) is 0.250. The van der Waals surface area contributed by atoms with Crippen LogP contribution in [0, 0.1) is 0 Å². The molecule has 0 heterocycles. The van der Waals surface area contributed by atoms with Gasteiger partial charge in [0.15, 0.2) is 0 Å². The van der Waals surface area contributed by atoms with E-state index in [-0.39, 0.29) is 6.04 Å². The average molecular weight is 339 g/mol. The highest BCUT2D eigenvalue weighted by molar-refractivity contribution is 9.10. The molecule has 0 amide bonds. The fourth-order valence-electron chi connectivity index (χ4n) is 2.08. The first-order valence-electron chi connectivity index (χ1n) is 6.45. The van der Waals surface area contributed by atoms with E-state index in [4.69, 9.17) is 11.6 Å². The predicted molar refractivity (Wildman–Crippen MR) is 85.7 cm³/mol. The quantitative estimate of drug-likeness (QED) is 0.791. The van der Waals surface area contributed by atoms with Gasteiger partial charge in [0.1, 0.15) is 0 Å². The third kappa shape index (κ3) is 3.82. The molecule has 1 N–H and O–H groups in total. The number of hydrogen-bond donors (Lipinski definition) is 1. The molecular weight excluding hydrogens is 322 g/mol. The second-order valence-electron chi connectivity index (χ2n) is 4.46. The lowest BCUT2D eigenvalue weighted by atomic mass is 9.98. The fourth-order valence-corrected chi connectivity index (χ4v) is 2.99. The zero-order chi connectivity index (χ0) is 13.7. The molecule has 3 heteroatoms. The van der Waals surface area contributed by atoms with Gasteiger partial charge in [0, 0.05) is 9.50 Å². The van der Waals surface area contributed by atoms with Gasteiger partial charge in [0.2, 0.25) is 0 Å². The summed E-state index contributed by atoms with van der Waals surface area (Å²) >= 11 is 9.63. The molecule has 2 aromatic rings. The molecule has 0 bridgehead atoms. The van der Waals surface area contributed by atoms with E-state index in [0.717, 1.165) is 22.5 Å². The predicted octanol–water partition coefficient (Wildman–Crippen LogP) is 5.19. The lowest BCUT2D eigenvalue weighted by Crippen LogP contribution is -2.23. The van der Waals surface area contributed by atoms with Crippen molar-refractivity contribution in [2.75, 3.05) is 6.54 Å². The maximum Gasteiger partial charge on any atom is 0.0587 e. The molecule has 0 aliphatic heterocycles. The van der Waals surface area contributed by atoms with Gasteiger partial charge in [-0.3, -0.25) is 0 Å². The Bertz CT molecular complexity index is 528. The van der Waals surface area contributed by atoms with Gasteiger partial charge in [0.05, 0.1) is 6.04 Å². The van der Waals surface area contributed by atoms with E-state index in [2.05, 4.69) is 58.5 Å². The molecular formula is C16H17BrClN. The van der Waals surface area contributed by atoms with Crippen LogP contribution in [0.15, 0.2) is 53.0 Å². The minimum Gasteiger partial charge on any atom is -0.306 e. The third-order valence-corrected chi connectivity index (χ3v) is 3.93. The van der Waals surface area contributed by atoms with E-state index in [1.807, 2.05) is 18.2 Å². The molecule has 0 aromatic heterocycles. The normalized spacial score (nSPS) is 12.4. The summed E-state index contributed by atoms with van der Waals surface area (Å²) in [6, 6.07) is 16.6. The number of halogens is 2. The van der Waals surface area contributed by atoms with E-state index >= 15 is 0 Å². The molecule has 19 heavy (non-hydrogen) atoms. The first kappa shape index (κ1) is 14.6. The Labute approximate surface area is 128 Å². The number of hydrogen-bond acceptors (Lipinski definition) is 1. The van der Waals surface area contributed by atoms with Crippen molar-refractivity contribution in [3.8, 4) is 0 Å². The minimum absolute atomic E-state index is 0.188. The Morgan fingerprint density at radius 1 is 1.16 bits per heavy atom. The smallest absolute Gasteiger partial charge is 0.0587 e. The standard InChI is InChI=1S/C16H17BrClN/c1-2-10-19-16(12-6-4-3-5-7-12)14-9-8-13(18)11-15(14)17/h3-9,11,16,19H,2,10H2,1H3. The summed E-state index contributed by atoms with van der Waals surface area (Å²) < 4.78 is 1.04. The molecule has 0 aliphatic rings. The average Bonchev–Trinajstić information content (AvgIpc) is 2.42. The summed E-state index contributed by atoms with van der Waals surface area (Å²) in [6.07, 6.45) is 1.11. The zero-order valence-corrected chi connectivity index (χ0v) is 13.2. The van der Waals surface area contributed by atoms with Crippen LogP contribution in [-0.2, 0) is 0 Å². The molecule has 1 unspecified atom stereocenters. The lowest BCUT2D eigenvalue weighted by Gasteiger charge is -2.21. The molecule has 2 aromatic carbocycles. The van der Waals surface area contributed by atoms with Crippen LogP contribution >= 0.6 is 27.5 Å². The molecule has 1 nitrogen and oxygen atoms in total. The summed E-state index contributed by atoms with van der Waals surface area (Å²) in [4.78, 5) is 0. The van der Waals surface area contributed by atoms with Crippen molar-refractivity contribution in [2.45, 2.75) is 19.4 Å². The van der Waals surface area contributed by atoms with Crippen LogP contribution < -0.4 is 5.32 Å². The van der Waals surface area contributed by atoms with Crippen LogP contribution in [0.1, 0.15) is 30.5 Å². The van der Waals surface area contributed by atoms with Crippen molar-refractivity contribution in [3.05, 3.63) is 69.2 Å². The summed E-state index contributed by atoms with van der Waals surface area (Å²) in [5.41, 5.74) is 2.48. The minimum atomic E-state index is 0.188. The maximum absolute atomic E-state index is 6.02. The van der Waals surface area contributed by atoms with E-state index < -0.39 is 0 Å². The van der Waals surface area contributed by atoms with Crippen molar-refractivity contribution in [2.24, 2.45) is 0 Å². The third-order valence-electron chi connectivity index (χ3n) is 3.00. The van der Waals surface area contributed by atoms with Crippen LogP contribution in [0.5, 0.6) is 0 Å². The van der Waals surface area contributed by atoms with E-state index in [0.29, 0.717) is 0 Å². The number of nitrogens with one attached hydrogen (secondary N) is 1. The highest BCUT2D eigenvalue weighted by atomic mass is 79.9. The van der Waals surface area contributed by atoms with Gasteiger partial charge in [-0.05, 0) is 36.2 Å². The Balaban J connectivity index is 2.37. The van der Waals surface area contributed by atoms with Crippen LogP contribution in [-0.4, -0.2) is 6.54 Å². The van der Waals surface area contributed by atoms with E-state index in [1.54, 1.807) is 0 Å². The van der Waals surface area contributed by atoms with Crippen molar-refractivity contribution >= 4 is 27.5 Å². The highest BCUT2D eigenvalue weighted by Gasteiger charge is 2.15. The van der Waals surface area contributed by atoms with Crippen molar-refractivity contribution in [1.29, 1.82) is 0 Å². The van der Waals surface area contributed by atoms with E-state index in [1.165, 1.54) is 11.1 Å². The second kappa shape index (κ2) is 7.09. The molecule has 0 spiro atoms. The van der Waals surface area contributed by atoms with Crippen LogP contribution in [0.25, 0.3) is 0 Å². The summed E-state index contributed by atoms with van der Waals surface area (Å²) in [5, 5.41) is 4.34. The van der Waals surface area contributed by atoms with Crippen molar-refractivity contribution in [3.63, 3.8) is 0 Å². The van der Waals surface area contributed by atoms with Crippen LogP contribution in [0.3, 0.4) is 0 Å². The molecule has 0 radical (unpaired) electrons. The van der Waals surface area contributed by atoms with Crippen molar-refractivity contribution < 1.29 is 0 Å². The molecule has 100 valence electrons. The first-order chi connectivity index (χ1) is 9.22. The summed E-state index contributed by atoms with van der Waals surface area (Å²) in [7, 11) is 0. The summed E-state index contributed by atoms with van der Waals surface area (Å²) in [5.74, 6) is 0. The Morgan fingerprint density at radius 3 is 2.53 bits per heavy atom. The molecule has 0 saturated carbocycles. The first-order valence-corrected chi connectivity index (χ1v) is 7.62. The molecule has 0 fully saturated rings. The van der Waals surface area contributed by atoms with Gasteiger partial charge in [-0.15, -0.1) is 0 Å². The molecule has 1 atom stereocenters. The maximum atomic E-state index is 6.02. The molecule has 0 saturated heterocycles. The van der Waals surface area contributed by atoms with Gasteiger partial charge in [-0.25, -0.2) is 0 Å². The Hall–Kier alpha value is -0.830. The number of rotatable bonds is 5. The Morgan fingerprint density at radius 2 is 1.89 bits per heavy atom. The highest BCUT2D eigenvalue weighted by Crippen LogP contribution is 2.30. The lowest BCUT2D eigenvalue weighted by molar-refractivity contribution is 0.597. The van der Waals surface area contributed by atoms with Gasteiger partial charge < -0.3 is 5.32 Å². The van der Waals surface area contributed by atoms with Gasteiger partial charge in [0.25, 0.3) is 0 Å². The van der Waals surface area contributed by atoms with Crippen LogP contribution in [0.4, 0.5) is 0 Å². The van der Waals surface area contributed by atoms with E-state index in [9.17, 15) is 0 Å². The number of benzene rings is 2. The second-order valence-corrected chi connectivity index (χ2v) is 5.75. The van der Waals surface area contributed by atoms with Crippen LogP contribution in [0.2, 0.25) is 5.02 Å². The van der Waals surface area contributed by atoms with Gasteiger partial charge in [-0.1, -0.05) is 70.9 Å². The monoisotopic (exact) mass is 337 g/mol. The molecule has 2 rings (SSSR count). The van der Waals surface area contributed by atoms with Gasteiger partial charge in [-0.2, -0.15) is 0 Å².